The summed E-state index contributed by atoms with van der Waals surface area (Å²) >= 11 is 12.3. The van der Waals surface area contributed by atoms with Crippen molar-refractivity contribution in [3.05, 3.63) is 58.1 Å². The average molecular weight is 280 g/mol. The van der Waals surface area contributed by atoms with Crippen LogP contribution < -0.4 is 5.32 Å². The summed E-state index contributed by atoms with van der Waals surface area (Å²) in [5.41, 5.74) is 3.30. The molecule has 0 aliphatic heterocycles. The first kappa shape index (κ1) is 13.4. The van der Waals surface area contributed by atoms with Crippen molar-refractivity contribution in [3.8, 4) is 11.1 Å². The van der Waals surface area contributed by atoms with Gasteiger partial charge in [-0.15, -0.1) is 0 Å². The molecule has 0 aliphatic rings. The molecule has 0 aromatic heterocycles. The summed E-state index contributed by atoms with van der Waals surface area (Å²) in [4.78, 5) is 0. The second kappa shape index (κ2) is 5.75. The quantitative estimate of drug-likeness (QED) is 0.839. The highest BCUT2D eigenvalue weighted by Crippen LogP contribution is 2.34. The second-order valence-electron chi connectivity index (χ2n) is 4.22. The lowest BCUT2D eigenvalue weighted by Crippen LogP contribution is -2.13. The molecule has 1 atom stereocenters. The van der Waals surface area contributed by atoms with Crippen LogP contribution in [-0.4, -0.2) is 7.05 Å². The monoisotopic (exact) mass is 279 g/mol. The summed E-state index contributed by atoms with van der Waals surface area (Å²) in [6.07, 6.45) is 0. The molecule has 2 aromatic carbocycles. The summed E-state index contributed by atoms with van der Waals surface area (Å²) in [5.74, 6) is 0. The van der Waals surface area contributed by atoms with Crippen LogP contribution >= 0.6 is 23.2 Å². The molecule has 0 amide bonds. The number of hydrogen-bond acceptors (Lipinski definition) is 1. The molecule has 2 aromatic rings. The predicted octanol–water partition coefficient (Wildman–Crippen LogP) is 4.94. The maximum atomic E-state index is 6.27. The Morgan fingerprint density at radius 1 is 1.00 bits per heavy atom. The van der Waals surface area contributed by atoms with Gasteiger partial charge in [-0.3, -0.25) is 0 Å². The van der Waals surface area contributed by atoms with E-state index in [1.807, 2.05) is 31.3 Å². The van der Waals surface area contributed by atoms with E-state index in [0.717, 1.165) is 16.1 Å². The lowest BCUT2D eigenvalue weighted by atomic mass is 9.95. The van der Waals surface area contributed by atoms with Crippen molar-refractivity contribution in [1.29, 1.82) is 0 Å². The molecule has 1 N–H and O–H groups in total. The minimum absolute atomic E-state index is 0.260. The fourth-order valence-electron chi connectivity index (χ4n) is 1.98. The third kappa shape index (κ3) is 2.69. The number of halogens is 2. The Morgan fingerprint density at radius 3 is 2.44 bits per heavy atom. The van der Waals surface area contributed by atoms with Gasteiger partial charge in [0.1, 0.15) is 0 Å². The molecule has 0 radical (unpaired) electrons. The van der Waals surface area contributed by atoms with Gasteiger partial charge < -0.3 is 5.32 Å². The van der Waals surface area contributed by atoms with Crippen molar-refractivity contribution < 1.29 is 0 Å². The lowest BCUT2D eigenvalue weighted by Gasteiger charge is -2.17. The first-order valence-corrected chi connectivity index (χ1v) is 6.60. The molecule has 0 aliphatic carbocycles. The highest BCUT2D eigenvalue weighted by atomic mass is 35.5. The van der Waals surface area contributed by atoms with Crippen molar-refractivity contribution in [2.24, 2.45) is 0 Å². The van der Waals surface area contributed by atoms with Gasteiger partial charge in [-0.05, 0) is 43.3 Å². The van der Waals surface area contributed by atoms with E-state index in [2.05, 4.69) is 24.4 Å². The van der Waals surface area contributed by atoms with Crippen molar-refractivity contribution in [3.63, 3.8) is 0 Å². The van der Waals surface area contributed by atoms with Crippen LogP contribution in [-0.2, 0) is 0 Å². The second-order valence-corrected chi connectivity index (χ2v) is 5.07. The van der Waals surface area contributed by atoms with Crippen LogP contribution in [0.1, 0.15) is 18.5 Å². The topological polar surface area (TPSA) is 12.0 Å². The van der Waals surface area contributed by atoms with Crippen LogP contribution in [0, 0.1) is 0 Å². The summed E-state index contributed by atoms with van der Waals surface area (Å²) in [6, 6.07) is 14.0. The van der Waals surface area contributed by atoms with Gasteiger partial charge in [-0.2, -0.15) is 0 Å². The summed E-state index contributed by atoms with van der Waals surface area (Å²) in [6.45, 7) is 2.12. The van der Waals surface area contributed by atoms with Gasteiger partial charge in [-0.1, -0.05) is 47.5 Å². The van der Waals surface area contributed by atoms with E-state index in [1.165, 1.54) is 5.56 Å². The van der Waals surface area contributed by atoms with Gasteiger partial charge >= 0.3 is 0 Å². The van der Waals surface area contributed by atoms with E-state index in [0.29, 0.717) is 5.02 Å². The first-order chi connectivity index (χ1) is 8.63. The van der Waals surface area contributed by atoms with Crippen LogP contribution in [0.2, 0.25) is 10.0 Å². The van der Waals surface area contributed by atoms with Crippen LogP contribution in [0.15, 0.2) is 42.5 Å². The Labute approximate surface area is 118 Å². The maximum Gasteiger partial charge on any atom is 0.0485 e. The first-order valence-electron chi connectivity index (χ1n) is 5.85. The fraction of sp³-hybridized carbons (Fsp3) is 0.200. The normalized spacial score (nSPS) is 12.4. The molecule has 18 heavy (non-hydrogen) atoms. The lowest BCUT2D eigenvalue weighted by molar-refractivity contribution is 0.654. The molecule has 1 nitrogen and oxygen atoms in total. The van der Waals surface area contributed by atoms with Gasteiger partial charge in [0.2, 0.25) is 0 Å². The Hall–Kier alpha value is -1.02. The number of hydrogen-bond donors (Lipinski definition) is 1. The van der Waals surface area contributed by atoms with Crippen molar-refractivity contribution in [1.82, 2.24) is 5.32 Å². The van der Waals surface area contributed by atoms with Gasteiger partial charge in [0.05, 0.1) is 0 Å². The zero-order chi connectivity index (χ0) is 13.1. The number of nitrogens with one attached hydrogen (secondary N) is 1. The van der Waals surface area contributed by atoms with Crippen LogP contribution in [0.25, 0.3) is 11.1 Å². The van der Waals surface area contributed by atoms with Gasteiger partial charge in [0.25, 0.3) is 0 Å². The van der Waals surface area contributed by atoms with Crippen LogP contribution in [0.4, 0.5) is 0 Å². The fourth-order valence-corrected chi connectivity index (χ4v) is 2.37. The molecular formula is C15H15Cl2N. The van der Waals surface area contributed by atoms with Crippen molar-refractivity contribution in [2.45, 2.75) is 13.0 Å². The maximum absolute atomic E-state index is 6.27. The molecule has 0 bridgehead atoms. The zero-order valence-electron chi connectivity index (χ0n) is 10.4. The molecule has 0 saturated heterocycles. The predicted molar refractivity (Wildman–Crippen MR) is 79.4 cm³/mol. The van der Waals surface area contributed by atoms with Gasteiger partial charge in [-0.25, -0.2) is 0 Å². The highest BCUT2D eigenvalue weighted by molar-refractivity contribution is 6.35. The van der Waals surface area contributed by atoms with Crippen molar-refractivity contribution >= 4 is 23.2 Å². The third-order valence-electron chi connectivity index (χ3n) is 3.08. The highest BCUT2D eigenvalue weighted by Gasteiger charge is 2.12. The summed E-state index contributed by atoms with van der Waals surface area (Å²) < 4.78 is 0. The van der Waals surface area contributed by atoms with E-state index in [-0.39, 0.29) is 6.04 Å². The molecule has 94 valence electrons. The van der Waals surface area contributed by atoms with Crippen LogP contribution in [0.3, 0.4) is 0 Å². The number of rotatable bonds is 3. The van der Waals surface area contributed by atoms with Crippen LogP contribution in [0.5, 0.6) is 0 Å². The molecule has 0 spiro atoms. The molecule has 2 rings (SSSR count). The largest absolute Gasteiger partial charge is 0.313 e. The van der Waals surface area contributed by atoms with Crippen molar-refractivity contribution in [2.75, 3.05) is 7.05 Å². The van der Waals surface area contributed by atoms with E-state index in [9.17, 15) is 0 Å². The zero-order valence-corrected chi connectivity index (χ0v) is 11.9. The molecule has 0 heterocycles. The Kier molecular flexibility index (Phi) is 4.28. The summed E-state index contributed by atoms with van der Waals surface area (Å²) in [5, 5.41) is 4.66. The average Bonchev–Trinajstić information content (AvgIpc) is 2.40. The van der Waals surface area contributed by atoms with E-state index >= 15 is 0 Å². The van der Waals surface area contributed by atoms with E-state index in [1.54, 1.807) is 6.07 Å². The minimum Gasteiger partial charge on any atom is -0.313 e. The Bertz CT molecular complexity index is 552. The minimum atomic E-state index is 0.260. The Morgan fingerprint density at radius 2 is 1.72 bits per heavy atom. The molecule has 3 heteroatoms. The number of benzene rings is 2. The van der Waals surface area contributed by atoms with E-state index < -0.39 is 0 Å². The molecular weight excluding hydrogens is 265 g/mol. The molecule has 0 saturated carbocycles. The van der Waals surface area contributed by atoms with Gasteiger partial charge in [0.15, 0.2) is 0 Å². The SMILES string of the molecule is CNC(C)c1ccccc1-c1cc(Cl)ccc1Cl. The summed E-state index contributed by atoms with van der Waals surface area (Å²) in [7, 11) is 1.95. The third-order valence-corrected chi connectivity index (χ3v) is 3.64. The smallest absolute Gasteiger partial charge is 0.0485 e. The standard InChI is InChI=1S/C15H15Cl2N/c1-10(18-2)12-5-3-4-6-13(12)14-9-11(16)7-8-15(14)17/h3-10,18H,1-2H3. The molecule has 0 fully saturated rings. The Balaban J connectivity index is 2.60. The van der Waals surface area contributed by atoms with E-state index in [4.69, 9.17) is 23.2 Å². The molecule has 1 unspecified atom stereocenters. The van der Waals surface area contributed by atoms with Gasteiger partial charge in [0, 0.05) is 21.7 Å².